The highest BCUT2D eigenvalue weighted by molar-refractivity contribution is 6.10. The smallest absolute Gasteiger partial charge is 0.316 e. The van der Waals surface area contributed by atoms with E-state index in [0.29, 0.717) is 11.4 Å². The maximum Gasteiger partial charge on any atom is 0.316 e. The van der Waals surface area contributed by atoms with Gasteiger partial charge in [-0.15, -0.1) is 0 Å². The van der Waals surface area contributed by atoms with Crippen LogP contribution in [0, 0.1) is 5.92 Å². The number of ether oxygens (including phenoxy) is 1. The van der Waals surface area contributed by atoms with Gasteiger partial charge in [0.25, 0.3) is 5.91 Å². The standard InChI is InChI=1S/C21H18N2O4/c1-2-17(24)23-11-13-18(12-7-3-6-10-16(12)27-19(13)25)21(23)14-8-4-5-9-15(14)22-20(21)26/h3-10,13,18H,2,11H2,1H3,(H,22,26). The minimum atomic E-state index is -1.23. The zero-order valence-electron chi connectivity index (χ0n) is 14.8. The van der Waals surface area contributed by atoms with Crippen molar-refractivity contribution in [3.05, 3.63) is 59.7 Å². The van der Waals surface area contributed by atoms with E-state index >= 15 is 0 Å². The number of carbonyl (C=O) groups is 3. The van der Waals surface area contributed by atoms with Crippen molar-refractivity contribution in [1.29, 1.82) is 0 Å². The largest absolute Gasteiger partial charge is 0.426 e. The van der Waals surface area contributed by atoms with Crippen LogP contribution >= 0.6 is 0 Å². The fourth-order valence-corrected chi connectivity index (χ4v) is 4.90. The molecule has 1 N–H and O–H groups in total. The van der Waals surface area contributed by atoms with Crippen molar-refractivity contribution in [2.75, 3.05) is 11.9 Å². The SMILES string of the molecule is CCC(=O)N1CC2C(=O)Oc3ccccc3C2C12C(=O)Nc1ccccc12. The first-order chi connectivity index (χ1) is 13.1. The van der Waals surface area contributed by atoms with E-state index in [1.54, 1.807) is 24.0 Å². The monoisotopic (exact) mass is 362 g/mol. The first-order valence-corrected chi connectivity index (χ1v) is 9.11. The van der Waals surface area contributed by atoms with Crippen molar-refractivity contribution in [2.45, 2.75) is 24.8 Å². The van der Waals surface area contributed by atoms with Crippen LogP contribution in [-0.4, -0.2) is 29.2 Å². The fraction of sp³-hybridized carbons (Fsp3) is 0.286. The first kappa shape index (κ1) is 16.1. The molecule has 5 rings (SSSR count). The molecule has 3 atom stereocenters. The molecule has 27 heavy (non-hydrogen) atoms. The highest BCUT2D eigenvalue weighted by atomic mass is 16.5. The summed E-state index contributed by atoms with van der Waals surface area (Å²) in [5.41, 5.74) is 0.992. The number of nitrogens with one attached hydrogen (secondary N) is 1. The molecule has 3 aliphatic heterocycles. The van der Waals surface area contributed by atoms with Gasteiger partial charge in [0.15, 0.2) is 5.54 Å². The van der Waals surface area contributed by atoms with Crippen LogP contribution in [0.25, 0.3) is 0 Å². The Hall–Kier alpha value is -3.15. The van der Waals surface area contributed by atoms with Gasteiger partial charge in [0, 0.05) is 35.7 Å². The van der Waals surface area contributed by atoms with E-state index in [2.05, 4.69) is 5.32 Å². The van der Waals surface area contributed by atoms with Gasteiger partial charge >= 0.3 is 5.97 Å². The molecule has 2 amide bonds. The molecular weight excluding hydrogens is 344 g/mol. The van der Waals surface area contributed by atoms with Gasteiger partial charge in [-0.25, -0.2) is 0 Å². The van der Waals surface area contributed by atoms with Gasteiger partial charge in [-0.1, -0.05) is 43.3 Å². The molecule has 0 aromatic heterocycles. The number of para-hydroxylation sites is 2. The Kier molecular flexibility index (Phi) is 3.22. The molecular formula is C21H18N2O4. The van der Waals surface area contributed by atoms with Gasteiger partial charge in [-0.2, -0.15) is 0 Å². The predicted molar refractivity (Wildman–Crippen MR) is 97.1 cm³/mol. The van der Waals surface area contributed by atoms with Crippen LogP contribution in [0.4, 0.5) is 5.69 Å². The van der Waals surface area contributed by atoms with Crippen molar-refractivity contribution < 1.29 is 19.1 Å². The summed E-state index contributed by atoms with van der Waals surface area (Å²) < 4.78 is 5.52. The third-order valence-electron chi connectivity index (χ3n) is 5.96. The van der Waals surface area contributed by atoms with Crippen molar-refractivity contribution >= 4 is 23.5 Å². The minimum Gasteiger partial charge on any atom is -0.426 e. The number of anilines is 1. The average Bonchev–Trinajstić information content (AvgIpc) is 3.19. The van der Waals surface area contributed by atoms with Crippen LogP contribution in [0.5, 0.6) is 5.75 Å². The Balaban J connectivity index is 1.83. The lowest BCUT2D eigenvalue weighted by Gasteiger charge is -2.39. The van der Waals surface area contributed by atoms with Crippen LogP contribution in [0.3, 0.4) is 0 Å². The number of likely N-dealkylation sites (tertiary alicyclic amines) is 1. The lowest BCUT2D eigenvalue weighted by Crippen LogP contribution is -2.52. The van der Waals surface area contributed by atoms with Crippen molar-refractivity contribution in [1.82, 2.24) is 4.90 Å². The third kappa shape index (κ3) is 1.87. The Labute approximate surface area is 156 Å². The summed E-state index contributed by atoms with van der Waals surface area (Å²) >= 11 is 0. The molecule has 1 fully saturated rings. The second-order valence-corrected chi connectivity index (χ2v) is 7.17. The molecule has 6 heteroatoms. The molecule has 3 aliphatic rings. The number of fused-ring (bicyclic) bond motifs is 6. The van der Waals surface area contributed by atoms with Crippen LogP contribution in [0.2, 0.25) is 0 Å². The highest BCUT2D eigenvalue weighted by Gasteiger charge is 2.67. The summed E-state index contributed by atoms with van der Waals surface area (Å²) in [6, 6.07) is 14.7. The number of carbonyl (C=O) groups excluding carboxylic acids is 3. The molecule has 0 aliphatic carbocycles. The molecule has 6 nitrogen and oxygen atoms in total. The molecule has 1 spiro atoms. The molecule has 2 aromatic rings. The maximum atomic E-state index is 13.4. The number of benzene rings is 2. The van der Waals surface area contributed by atoms with E-state index < -0.39 is 17.4 Å². The van der Waals surface area contributed by atoms with Gasteiger partial charge in [0.05, 0.1) is 5.92 Å². The van der Waals surface area contributed by atoms with Crippen LogP contribution in [0.1, 0.15) is 30.4 Å². The van der Waals surface area contributed by atoms with Crippen LogP contribution in [0.15, 0.2) is 48.5 Å². The zero-order chi connectivity index (χ0) is 18.8. The molecule has 3 heterocycles. The van der Waals surface area contributed by atoms with Crippen molar-refractivity contribution in [2.24, 2.45) is 5.92 Å². The van der Waals surface area contributed by atoms with E-state index in [4.69, 9.17) is 4.74 Å². The number of hydrogen-bond donors (Lipinski definition) is 1. The summed E-state index contributed by atoms with van der Waals surface area (Å²) in [6.07, 6.45) is 0.257. The quantitative estimate of drug-likeness (QED) is 0.624. The molecule has 2 aromatic carbocycles. The Bertz CT molecular complexity index is 1000. The van der Waals surface area contributed by atoms with Crippen LogP contribution < -0.4 is 10.1 Å². The normalized spacial score (nSPS) is 27.7. The fourth-order valence-electron chi connectivity index (χ4n) is 4.90. The summed E-state index contributed by atoms with van der Waals surface area (Å²) in [5.74, 6) is -1.39. The summed E-state index contributed by atoms with van der Waals surface area (Å²) in [6.45, 7) is 1.94. The van der Waals surface area contributed by atoms with Gasteiger partial charge in [0.1, 0.15) is 5.75 Å². The van der Waals surface area contributed by atoms with E-state index in [-0.39, 0.29) is 30.7 Å². The van der Waals surface area contributed by atoms with Gasteiger partial charge in [-0.3, -0.25) is 14.4 Å². The topological polar surface area (TPSA) is 75.7 Å². The number of hydrogen-bond acceptors (Lipinski definition) is 4. The summed E-state index contributed by atoms with van der Waals surface area (Å²) in [5, 5.41) is 2.93. The lowest BCUT2D eigenvalue weighted by atomic mass is 9.71. The molecule has 0 bridgehead atoms. The Morgan fingerprint density at radius 3 is 2.74 bits per heavy atom. The van der Waals surface area contributed by atoms with Gasteiger partial charge in [0.2, 0.25) is 5.91 Å². The second-order valence-electron chi connectivity index (χ2n) is 7.17. The maximum absolute atomic E-state index is 13.4. The average molecular weight is 362 g/mol. The molecule has 0 radical (unpaired) electrons. The number of rotatable bonds is 1. The van der Waals surface area contributed by atoms with E-state index in [1.165, 1.54) is 0 Å². The number of esters is 1. The van der Waals surface area contributed by atoms with Gasteiger partial charge in [-0.05, 0) is 12.1 Å². The van der Waals surface area contributed by atoms with Crippen molar-refractivity contribution in [3.63, 3.8) is 0 Å². The van der Waals surface area contributed by atoms with Gasteiger partial charge < -0.3 is 15.0 Å². The van der Waals surface area contributed by atoms with Crippen molar-refractivity contribution in [3.8, 4) is 5.75 Å². The Morgan fingerprint density at radius 2 is 1.93 bits per heavy atom. The summed E-state index contributed by atoms with van der Waals surface area (Å²) in [4.78, 5) is 40.6. The van der Waals surface area contributed by atoms with E-state index in [1.807, 2.05) is 36.4 Å². The van der Waals surface area contributed by atoms with E-state index in [9.17, 15) is 14.4 Å². The second kappa shape index (κ2) is 5.42. The van der Waals surface area contributed by atoms with E-state index in [0.717, 1.165) is 11.1 Å². The number of nitrogens with zero attached hydrogens (tertiary/aromatic N) is 1. The Morgan fingerprint density at radius 1 is 1.19 bits per heavy atom. The summed E-state index contributed by atoms with van der Waals surface area (Å²) in [7, 11) is 0. The van der Waals surface area contributed by atoms with Crippen LogP contribution in [-0.2, 0) is 19.9 Å². The number of amides is 2. The molecule has 0 saturated carbocycles. The highest BCUT2D eigenvalue weighted by Crippen LogP contribution is 2.59. The predicted octanol–water partition coefficient (Wildman–Crippen LogP) is 2.41. The first-order valence-electron chi connectivity index (χ1n) is 9.11. The molecule has 136 valence electrons. The molecule has 3 unspecified atom stereocenters. The third-order valence-corrected chi connectivity index (χ3v) is 5.96. The molecule has 1 saturated heterocycles. The minimum absolute atomic E-state index is 0.151. The zero-order valence-corrected chi connectivity index (χ0v) is 14.8. The lowest BCUT2D eigenvalue weighted by molar-refractivity contribution is -0.143.